The van der Waals surface area contributed by atoms with Gasteiger partial charge in [0.1, 0.15) is 12.3 Å². The maximum absolute atomic E-state index is 12.8. The van der Waals surface area contributed by atoms with Crippen molar-refractivity contribution in [1.29, 1.82) is 0 Å². The standard InChI is InChI=1S/C25H26N2O4S/c1-2-3-14-31-21-10-8-18(9-11-21)15-22-24(29)27(25(30)32-22)17-23(28)26-13-12-19-6-4-5-7-20(19)16-26/h4-11,15H,2-3,12-14,16-17H2,1H3/b22-15-. The molecule has 7 heteroatoms. The summed E-state index contributed by atoms with van der Waals surface area (Å²) in [7, 11) is 0. The number of hydrogen-bond donors (Lipinski definition) is 0. The van der Waals surface area contributed by atoms with Crippen molar-refractivity contribution in [2.24, 2.45) is 0 Å². The summed E-state index contributed by atoms with van der Waals surface area (Å²) < 4.78 is 5.65. The fraction of sp³-hybridized carbons (Fsp3) is 0.320. The molecular weight excluding hydrogens is 424 g/mol. The monoisotopic (exact) mass is 450 g/mol. The highest BCUT2D eigenvalue weighted by Crippen LogP contribution is 2.32. The van der Waals surface area contributed by atoms with E-state index in [-0.39, 0.29) is 12.5 Å². The van der Waals surface area contributed by atoms with E-state index in [0.717, 1.165) is 52.8 Å². The van der Waals surface area contributed by atoms with Crippen LogP contribution in [0.25, 0.3) is 6.08 Å². The summed E-state index contributed by atoms with van der Waals surface area (Å²) >= 11 is 0.871. The summed E-state index contributed by atoms with van der Waals surface area (Å²) in [6.45, 7) is 3.65. The summed E-state index contributed by atoms with van der Waals surface area (Å²) in [5.41, 5.74) is 3.16. The summed E-state index contributed by atoms with van der Waals surface area (Å²) in [6.07, 6.45) is 4.53. The number of thioether (sulfide) groups is 1. The number of imide groups is 1. The number of amides is 3. The van der Waals surface area contributed by atoms with Gasteiger partial charge < -0.3 is 9.64 Å². The molecule has 0 spiro atoms. The zero-order valence-corrected chi connectivity index (χ0v) is 18.9. The third-order valence-corrected chi connectivity index (χ3v) is 6.50. The number of rotatable bonds is 7. The molecule has 2 aliphatic heterocycles. The average molecular weight is 451 g/mol. The van der Waals surface area contributed by atoms with Gasteiger partial charge in [0.2, 0.25) is 5.91 Å². The van der Waals surface area contributed by atoms with Crippen molar-refractivity contribution in [2.45, 2.75) is 32.7 Å². The van der Waals surface area contributed by atoms with Gasteiger partial charge in [0.25, 0.3) is 11.1 Å². The zero-order chi connectivity index (χ0) is 22.5. The molecule has 4 rings (SSSR count). The first-order chi connectivity index (χ1) is 15.5. The minimum absolute atomic E-state index is 0.211. The van der Waals surface area contributed by atoms with Crippen molar-refractivity contribution >= 4 is 34.9 Å². The van der Waals surface area contributed by atoms with Crippen LogP contribution in [-0.4, -0.2) is 46.5 Å². The van der Waals surface area contributed by atoms with Crippen LogP contribution in [0.1, 0.15) is 36.5 Å². The predicted molar refractivity (Wildman–Crippen MR) is 125 cm³/mol. The van der Waals surface area contributed by atoms with E-state index in [0.29, 0.717) is 24.6 Å². The Morgan fingerprint density at radius 1 is 1.09 bits per heavy atom. The number of hydrogen-bond acceptors (Lipinski definition) is 5. The molecule has 2 aromatic carbocycles. The fourth-order valence-corrected chi connectivity index (χ4v) is 4.56. The number of fused-ring (bicyclic) bond motifs is 1. The maximum atomic E-state index is 12.8. The normalized spacial score (nSPS) is 17.1. The first-order valence-electron chi connectivity index (χ1n) is 10.9. The summed E-state index contributed by atoms with van der Waals surface area (Å²) in [4.78, 5) is 41.1. The lowest BCUT2D eigenvalue weighted by atomic mass is 10.00. The number of nitrogens with zero attached hydrogens (tertiary/aromatic N) is 2. The minimum atomic E-state index is -0.422. The Labute approximate surface area is 192 Å². The Morgan fingerprint density at radius 3 is 2.59 bits per heavy atom. The van der Waals surface area contributed by atoms with Gasteiger partial charge in [-0.1, -0.05) is 49.7 Å². The molecule has 1 fully saturated rings. The van der Waals surface area contributed by atoms with Gasteiger partial charge in [0.05, 0.1) is 11.5 Å². The van der Waals surface area contributed by atoms with Crippen molar-refractivity contribution in [3.05, 3.63) is 70.1 Å². The van der Waals surface area contributed by atoms with Gasteiger partial charge in [-0.3, -0.25) is 19.3 Å². The second kappa shape index (κ2) is 10.0. The van der Waals surface area contributed by atoms with Crippen LogP contribution in [0.4, 0.5) is 4.79 Å². The molecule has 2 heterocycles. The second-order valence-corrected chi connectivity index (χ2v) is 8.87. The van der Waals surface area contributed by atoms with Crippen LogP contribution in [0.2, 0.25) is 0 Å². The van der Waals surface area contributed by atoms with Gasteiger partial charge in [0.15, 0.2) is 0 Å². The Morgan fingerprint density at radius 2 is 1.84 bits per heavy atom. The number of carbonyl (C=O) groups excluding carboxylic acids is 3. The molecule has 0 N–H and O–H groups in total. The average Bonchev–Trinajstić information content (AvgIpc) is 3.07. The van der Waals surface area contributed by atoms with E-state index in [1.807, 2.05) is 42.5 Å². The van der Waals surface area contributed by atoms with E-state index >= 15 is 0 Å². The van der Waals surface area contributed by atoms with Crippen molar-refractivity contribution < 1.29 is 19.1 Å². The molecule has 3 amide bonds. The zero-order valence-electron chi connectivity index (χ0n) is 18.1. The lowest BCUT2D eigenvalue weighted by Gasteiger charge is -2.29. The van der Waals surface area contributed by atoms with Crippen molar-refractivity contribution in [3.63, 3.8) is 0 Å². The maximum Gasteiger partial charge on any atom is 0.294 e. The predicted octanol–water partition coefficient (Wildman–Crippen LogP) is 4.49. The first-order valence-corrected chi connectivity index (χ1v) is 11.7. The van der Waals surface area contributed by atoms with Crippen molar-refractivity contribution in [3.8, 4) is 5.75 Å². The Balaban J connectivity index is 1.38. The van der Waals surface area contributed by atoms with E-state index in [4.69, 9.17) is 4.74 Å². The number of ether oxygens (including phenoxy) is 1. The fourth-order valence-electron chi connectivity index (χ4n) is 3.73. The Bertz CT molecular complexity index is 1050. The van der Waals surface area contributed by atoms with Gasteiger partial charge >= 0.3 is 0 Å². The molecule has 0 saturated carbocycles. The van der Waals surface area contributed by atoms with Gasteiger partial charge in [-0.2, -0.15) is 0 Å². The molecule has 0 aromatic heterocycles. The quantitative estimate of drug-likeness (QED) is 0.459. The van der Waals surface area contributed by atoms with Crippen LogP contribution in [0.15, 0.2) is 53.4 Å². The molecule has 32 heavy (non-hydrogen) atoms. The molecule has 0 unspecified atom stereocenters. The lowest BCUT2D eigenvalue weighted by Crippen LogP contribution is -2.44. The number of unbranched alkanes of at least 4 members (excludes halogenated alkanes) is 1. The van der Waals surface area contributed by atoms with E-state index in [2.05, 4.69) is 13.0 Å². The summed E-state index contributed by atoms with van der Waals surface area (Å²) in [5.74, 6) is 0.142. The summed E-state index contributed by atoms with van der Waals surface area (Å²) in [6, 6.07) is 15.4. The molecule has 2 aliphatic rings. The number of carbonyl (C=O) groups is 3. The first kappa shape index (κ1) is 22.1. The van der Waals surface area contributed by atoms with Gasteiger partial charge in [-0.05, 0) is 59.5 Å². The van der Waals surface area contributed by atoms with E-state index in [1.54, 1.807) is 11.0 Å². The molecule has 0 aliphatic carbocycles. The number of benzene rings is 2. The van der Waals surface area contributed by atoms with Crippen LogP contribution < -0.4 is 4.74 Å². The van der Waals surface area contributed by atoms with Crippen LogP contribution >= 0.6 is 11.8 Å². The topological polar surface area (TPSA) is 66.9 Å². The van der Waals surface area contributed by atoms with Crippen LogP contribution in [-0.2, 0) is 22.6 Å². The smallest absolute Gasteiger partial charge is 0.294 e. The Hall–Kier alpha value is -3.06. The largest absolute Gasteiger partial charge is 0.494 e. The molecular formula is C25H26N2O4S. The van der Waals surface area contributed by atoms with Crippen LogP contribution in [0, 0.1) is 0 Å². The van der Waals surface area contributed by atoms with Gasteiger partial charge in [-0.15, -0.1) is 0 Å². The highest BCUT2D eigenvalue weighted by Gasteiger charge is 2.37. The Kier molecular flexibility index (Phi) is 6.95. The second-order valence-electron chi connectivity index (χ2n) is 7.87. The molecule has 2 aromatic rings. The lowest BCUT2D eigenvalue weighted by molar-refractivity contribution is -0.136. The molecule has 6 nitrogen and oxygen atoms in total. The minimum Gasteiger partial charge on any atom is -0.494 e. The van der Waals surface area contributed by atoms with Crippen LogP contribution in [0.5, 0.6) is 5.75 Å². The summed E-state index contributed by atoms with van der Waals surface area (Å²) in [5, 5.41) is -0.411. The third-order valence-electron chi connectivity index (χ3n) is 5.59. The van der Waals surface area contributed by atoms with Crippen LogP contribution in [0.3, 0.4) is 0 Å². The van der Waals surface area contributed by atoms with Crippen molar-refractivity contribution in [1.82, 2.24) is 9.80 Å². The van der Waals surface area contributed by atoms with E-state index in [1.165, 1.54) is 5.56 Å². The van der Waals surface area contributed by atoms with E-state index in [9.17, 15) is 14.4 Å². The van der Waals surface area contributed by atoms with E-state index < -0.39 is 11.1 Å². The highest BCUT2D eigenvalue weighted by atomic mass is 32.2. The third kappa shape index (κ3) is 5.05. The van der Waals surface area contributed by atoms with Gasteiger partial charge in [-0.25, -0.2) is 0 Å². The highest BCUT2D eigenvalue weighted by molar-refractivity contribution is 8.18. The molecule has 0 atom stereocenters. The molecule has 0 radical (unpaired) electrons. The molecule has 0 bridgehead atoms. The molecule has 1 saturated heterocycles. The van der Waals surface area contributed by atoms with Gasteiger partial charge in [0, 0.05) is 13.1 Å². The SMILES string of the molecule is CCCCOc1ccc(/C=C2\SC(=O)N(CC(=O)N3CCc4ccccc4C3)C2=O)cc1. The molecule has 166 valence electrons. The van der Waals surface area contributed by atoms with Crippen molar-refractivity contribution in [2.75, 3.05) is 19.7 Å².